The number of benzene rings is 2. The summed E-state index contributed by atoms with van der Waals surface area (Å²) in [5, 5.41) is 1.24. The van der Waals surface area contributed by atoms with Gasteiger partial charge >= 0.3 is 0 Å². The lowest BCUT2D eigenvalue weighted by Crippen LogP contribution is -2.37. The highest BCUT2D eigenvalue weighted by Gasteiger charge is 2.30. The Morgan fingerprint density at radius 1 is 1.04 bits per heavy atom. The minimum atomic E-state index is -3.45. The molecule has 2 aromatic carbocycles. The highest BCUT2D eigenvalue weighted by Crippen LogP contribution is 2.34. The number of hydrogen-bond donors (Lipinski definition) is 1. The molecule has 0 amide bonds. The first-order valence-electron chi connectivity index (χ1n) is 8.80. The van der Waals surface area contributed by atoms with E-state index >= 15 is 0 Å². The summed E-state index contributed by atoms with van der Waals surface area (Å²) in [7, 11) is -1.88. The Hall–Kier alpha value is -2.31. The molecule has 1 fully saturated rings. The third kappa shape index (κ3) is 2.99. The number of nitrogens with zero attached hydrogens (tertiary/aromatic N) is 1. The van der Waals surface area contributed by atoms with Gasteiger partial charge in [-0.05, 0) is 54.7 Å². The Balaban J connectivity index is 1.50. The summed E-state index contributed by atoms with van der Waals surface area (Å²) in [4.78, 5) is 3.64. The van der Waals surface area contributed by atoms with Crippen LogP contribution in [0.2, 0.25) is 0 Å². The van der Waals surface area contributed by atoms with Crippen molar-refractivity contribution in [3.8, 4) is 5.75 Å². The molecular formula is C20H22N2O3S. The summed E-state index contributed by atoms with van der Waals surface area (Å²) in [6.07, 6.45) is 3.73. The van der Waals surface area contributed by atoms with Crippen LogP contribution in [0.3, 0.4) is 0 Å². The minimum Gasteiger partial charge on any atom is -0.497 e. The Morgan fingerprint density at radius 2 is 1.73 bits per heavy atom. The van der Waals surface area contributed by atoms with Gasteiger partial charge in [0.1, 0.15) is 5.75 Å². The standard InChI is InChI=1S/C20H22N2O3S/c1-25-16-6-8-17(9-7-16)26(23,24)22-12-10-15(11-13-22)19-14-21-20-5-3-2-4-18(19)20/h2-9,14-15,21H,10-13H2,1H3. The van der Waals surface area contributed by atoms with Gasteiger partial charge in [0.05, 0.1) is 12.0 Å². The number of aromatic amines is 1. The molecule has 4 rings (SSSR count). The number of aromatic nitrogens is 1. The smallest absolute Gasteiger partial charge is 0.243 e. The van der Waals surface area contributed by atoms with E-state index in [-0.39, 0.29) is 0 Å². The number of rotatable bonds is 4. The molecule has 0 unspecified atom stereocenters. The molecule has 0 atom stereocenters. The number of methoxy groups -OCH3 is 1. The fourth-order valence-corrected chi connectivity index (χ4v) is 5.21. The third-order valence-corrected chi connectivity index (χ3v) is 7.13. The van der Waals surface area contributed by atoms with Crippen molar-refractivity contribution >= 4 is 20.9 Å². The molecular weight excluding hydrogens is 348 g/mol. The molecule has 0 spiro atoms. The predicted molar refractivity (Wildman–Crippen MR) is 102 cm³/mol. The second-order valence-electron chi connectivity index (χ2n) is 6.64. The number of piperidine rings is 1. The van der Waals surface area contributed by atoms with E-state index in [1.807, 2.05) is 12.1 Å². The van der Waals surface area contributed by atoms with Crippen molar-refractivity contribution < 1.29 is 13.2 Å². The van der Waals surface area contributed by atoms with Gasteiger partial charge in [-0.3, -0.25) is 0 Å². The summed E-state index contributed by atoms with van der Waals surface area (Å²) in [5.41, 5.74) is 2.43. The normalized spacial score (nSPS) is 16.8. The molecule has 1 N–H and O–H groups in total. The summed E-state index contributed by atoms with van der Waals surface area (Å²) in [5.74, 6) is 1.04. The van der Waals surface area contributed by atoms with E-state index in [0.29, 0.717) is 29.7 Å². The monoisotopic (exact) mass is 370 g/mol. The number of ether oxygens (including phenoxy) is 1. The maximum atomic E-state index is 12.9. The molecule has 1 aliphatic heterocycles. The van der Waals surface area contributed by atoms with E-state index in [9.17, 15) is 8.42 Å². The van der Waals surface area contributed by atoms with E-state index < -0.39 is 10.0 Å². The van der Waals surface area contributed by atoms with Crippen molar-refractivity contribution in [1.29, 1.82) is 0 Å². The zero-order valence-corrected chi connectivity index (χ0v) is 15.5. The Kier molecular flexibility index (Phi) is 4.46. The minimum absolute atomic E-state index is 0.323. The van der Waals surface area contributed by atoms with Crippen LogP contribution in [0.1, 0.15) is 24.3 Å². The van der Waals surface area contributed by atoms with Crippen LogP contribution in [0.4, 0.5) is 0 Å². The van der Waals surface area contributed by atoms with Gasteiger partial charge in [-0.15, -0.1) is 0 Å². The van der Waals surface area contributed by atoms with Crippen LogP contribution in [0, 0.1) is 0 Å². The number of H-pyrrole nitrogens is 1. The van der Waals surface area contributed by atoms with Crippen LogP contribution in [-0.4, -0.2) is 37.9 Å². The summed E-state index contributed by atoms with van der Waals surface area (Å²) in [6.45, 7) is 1.08. The van der Waals surface area contributed by atoms with E-state index in [1.165, 1.54) is 10.9 Å². The number of fused-ring (bicyclic) bond motifs is 1. The molecule has 6 heteroatoms. The first kappa shape index (κ1) is 17.1. The lowest BCUT2D eigenvalue weighted by Gasteiger charge is -2.31. The van der Waals surface area contributed by atoms with Crippen molar-refractivity contribution in [1.82, 2.24) is 9.29 Å². The van der Waals surface area contributed by atoms with Crippen molar-refractivity contribution in [3.05, 3.63) is 60.3 Å². The molecule has 0 aliphatic carbocycles. The van der Waals surface area contributed by atoms with Crippen LogP contribution in [0.5, 0.6) is 5.75 Å². The van der Waals surface area contributed by atoms with Crippen molar-refractivity contribution in [2.45, 2.75) is 23.7 Å². The van der Waals surface area contributed by atoms with Crippen LogP contribution in [0.15, 0.2) is 59.6 Å². The van der Waals surface area contributed by atoms with Gasteiger partial charge in [-0.1, -0.05) is 18.2 Å². The fourth-order valence-electron chi connectivity index (χ4n) is 3.74. The number of sulfonamides is 1. The van der Waals surface area contributed by atoms with Crippen molar-refractivity contribution in [2.24, 2.45) is 0 Å². The maximum absolute atomic E-state index is 12.9. The van der Waals surface area contributed by atoms with E-state index in [4.69, 9.17) is 4.74 Å². The third-order valence-electron chi connectivity index (χ3n) is 5.21. The fraction of sp³-hybridized carbons (Fsp3) is 0.300. The van der Waals surface area contributed by atoms with E-state index in [2.05, 4.69) is 23.3 Å². The van der Waals surface area contributed by atoms with Gasteiger partial charge in [0, 0.05) is 30.2 Å². The first-order valence-corrected chi connectivity index (χ1v) is 10.2. The SMILES string of the molecule is COc1ccc(S(=O)(=O)N2CCC(c3c[nH]c4ccccc34)CC2)cc1. The summed E-state index contributed by atoms with van der Waals surface area (Å²) < 4.78 is 32.4. The van der Waals surface area contributed by atoms with E-state index in [1.54, 1.807) is 35.7 Å². The maximum Gasteiger partial charge on any atom is 0.243 e. The molecule has 0 radical (unpaired) electrons. The number of hydrogen-bond acceptors (Lipinski definition) is 3. The van der Waals surface area contributed by atoms with Crippen molar-refractivity contribution in [2.75, 3.05) is 20.2 Å². The molecule has 1 aromatic heterocycles. The quantitative estimate of drug-likeness (QED) is 0.761. The summed E-state index contributed by atoms with van der Waals surface area (Å²) >= 11 is 0. The van der Waals surface area contributed by atoms with E-state index in [0.717, 1.165) is 18.4 Å². The second-order valence-corrected chi connectivity index (χ2v) is 8.58. The second kappa shape index (κ2) is 6.78. The molecule has 136 valence electrons. The Bertz CT molecular complexity index is 1000. The zero-order valence-electron chi connectivity index (χ0n) is 14.7. The topological polar surface area (TPSA) is 62.4 Å². The van der Waals surface area contributed by atoms with Gasteiger partial charge in [0.15, 0.2) is 0 Å². The molecule has 0 bridgehead atoms. The average molecular weight is 370 g/mol. The van der Waals surface area contributed by atoms with Crippen LogP contribution in [-0.2, 0) is 10.0 Å². The molecule has 0 saturated carbocycles. The van der Waals surface area contributed by atoms with Gasteiger partial charge in [-0.2, -0.15) is 4.31 Å². The molecule has 2 heterocycles. The largest absolute Gasteiger partial charge is 0.497 e. The lowest BCUT2D eigenvalue weighted by atomic mass is 9.90. The van der Waals surface area contributed by atoms with Gasteiger partial charge in [-0.25, -0.2) is 8.42 Å². The highest BCUT2D eigenvalue weighted by atomic mass is 32.2. The predicted octanol–water partition coefficient (Wildman–Crippen LogP) is 3.74. The molecule has 3 aromatic rings. The van der Waals surface area contributed by atoms with Gasteiger partial charge in [0.25, 0.3) is 0 Å². The lowest BCUT2D eigenvalue weighted by molar-refractivity contribution is 0.320. The van der Waals surface area contributed by atoms with Gasteiger partial charge < -0.3 is 9.72 Å². The zero-order chi connectivity index (χ0) is 18.1. The molecule has 1 aliphatic rings. The first-order chi connectivity index (χ1) is 12.6. The van der Waals surface area contributed by atoms with Crippen molar-refractivity contribution in [3.63, 3.8) is 0 Å². The van der Waals surface area contributed by atoms with Crippen LogP contribution in [0.25, 0.3) is 10.9 Å². The Labute approximate surface area is 153 Å². The molecule has 26 heavy (non-hydrogen) atoms. The molecule has 1 saturated heterocycles. The average Bonchev–Trinajstić information content (AvgIpc) is 3.12. The van der Waals surface area contributed by atoms with Gasteiger partial charge in [0.2, 0.25) is 10.0 Å². The summed E-state index contributed by atoms with van der Waals surface area (Å²) in [6, 6.07) is 14.9. The van der Waals surface area contributed by atoms with Crippen LogP contribution < -0.4 is 4.74 Å². The highest BCUT2D eigenvalue weighted by molar-refractivity contribution is 7.89. The Morgan fingerprint density at radius 3 is 2.42 bits per heavy atom. The number of para-hydroxylation sites is 1. The molecule has 5 nitrogen and oxygen atoms in total. The number of nitrogens with one attached hydrogen (secondary N) is 1. The van der Waals surface area contributed by atoms with Crippen LogP contribution >= 0.6 is 0 Å².